The third-order valence-electron chi connectivity index (χ3n) is 4.73. The van der Waals surface area contributed by atoms with Gasteiger partial charge in [-0.3, -0.25) is 4.90 Å². The maximum Gasteiger partial charge on any atom is 0.319 e. The normalized spacial score (nSPS) is 21.0. The number of rotatable bonds is 3. The molecule has 4 rings (SSSR count). The van der Waals surface area contributed by atoms with Crippen LogP contribution in [0.15, 0.2) is 71.9 Å². The number of hydrogen-bond acceptors (Lipinski definition) is 2. The van der Waals surface area contributed by atoms with E-state index in [1.807, 2.05) is 24.3 Å². The summed E-state index contributed by atoms with van der Waals surface area (Å²) in [5.74, 6) is 0. The Morgan fingerprint density at radius 3 is 2.46 bits per heavy atom. The van der Waals surface area contributed by atoms with Gasteiger partial charge >= 0.3 is 6.03 Å². The molecule has 1 atom stereocenters. The number of carbonyl (C=O) groups is 1. The van der Waals surface area contributed by atoms with Gasteiger partial charge in [-0.25, -0.2) is 4.79 Å². The summed E-state index contributed by atoms with van der Waals surface area (Å²) in [6.45, 7) is 2.78. The molecule has 2 aliphatic rings. The standard InChI is InChI=1S/C20H21N3O/c24-20-21-18-11-12-23(13-15-7-3-1-4-8-15)14-17(18)19(22-20)16-9-5-2-6-10-16/h1-10,19H,11-14H2,(H2,21,22,24). The summed E-state index contributed by atoms with van der Waals surface area (Å²) in [4.78, 5) is 14.5. The average molecular weight is 319 g/mol. The highest BCUT2D eigenvalue weighted by Crippen LogP contribution is 2.31. The Kier molecular flexibility index (Phi) is 4.05. The maximum atomic E-state index is 12.0. The summed E-state index contributed by atoms with van der Waals surface area (Å²) in [6, 6.07) is 20.6. The van der Waals surface area contributed by atoms with Crippen molar-refractivity contribution in [1.82, 2.24) is 15.5 Å². The van der Waals surface area contributed by atoms with Crippen molar-refractivity contribution in [1.29, 1.82) is 0 Å². The van der Waals surface area contributed by atoms with Crippen molar-refractivity contribution in [2.45, 2.75) is 19.0 Å². The minimum absolute atomic E-state index is 0.0338. The molecule has 0 saturated carbocycles. The van der Waals surface area contributed by atoms with Gasteiger partial charge in [0, 0.05) is 31.8 Å². The summed E-state index contributed by atoms with van der Waals surface area (Å²) in [7, 11) is 0. The van der Waals surface area contributed by atoms with E-state index in [-0.39, 0.29) is 12.1 Å². The molecule has 0 radical (unpaired) electrons. The molecule has 0 aromatic heterocycles. The molecule has 2 aromatic rings. The molecule has 24 heavy (non-hydrogen) atoms. The number of amides is 2. The van der Waals surface area contributed by atoms with Crippen LogP contribution in [0.5, 0.6) is 0 Å². The first-order valence-electron chi connectivity index (χ1n) is 8.40. The smallest absolute Gasteiger partial charge is 0.319 e. The van der Waals surface area contributed by atoms with Crippen LogP contribution in [0, 0.1) is 0 Å². The van der Waals surface area contributed by atoms with Gasteiger partial charge in [0.1, 0.15) is 0 Å². The van der Waals surface area contributed by atoms with E-state index in [0.717, 1.165) is 37.3 Å². The van der Waals surface area contributed by atoms with Crippen LogP contribution in [0.25, 0.3) is 0 Å². The van der Waals surface area contributed by atoms with E-state index in [9.17, 15) is 4.79 Å². The lowest BCUT2D eigenvalue weighted by Crippen LogP contribution is -2.49. The molecule has 2 N–H and O–H groups in total. The SMILES string of the molecule is O=C1NC2=C(CN(Cc3ccccc3)CC2)C(c2ccccc2)N1. The highest BCUT2D eigenvalue weighted by molar-refractivity contribution is 5.79. The lowest BCUT2D eigenvalue weighted by Gasteiger charge is -2.38. The largest absolute Gasteiger partial charge is 0.327 e. The van der Waals surface area contributed by atoms with Crippen LogP contribution in [0.4, 0.5) is 4.79 Å². The van der Waals surface area contributed by atoms with Crippen LogP contribution in [0.2, 0.25) is 0 Å². The summed E-state index contributed by atoms with van der Waals surface area (Å²) in [5.41, 5.74) is 4.84. The first kappa shape index (κ1) is 15.0. The monoisotopic (exact) mass is 319 g/mol. The molecule has 0 bridgehead atoms. The van der Waals surface area contributed by atoms with E-state index < -0.39 is 0 Å². The highest BCUT2D eigenvalue weighted by atomic mass is 16.2. The lowest BCUT2D eigenvalue weighted by molar-refractivity contribution is 0.225. The average Bonchev–Trinajstić information content (AvgIpc) is 2.63. The van der Waals surface area contributed by atoms with E-state index in [1.165, 1.54) is 11.1 Å². The van der Waals surface area contributed by atoms with Crippen molar-refractivity contribution < 1.29 is 4.79 Å². The van der Waals surface area contributed by atoms with E-state index in [2.05, 4.69) is 51.9 Å². The van der Waals surface area contributed by atoms with Crippen molar-refractivity contribution in [3.05, 3.63) is 83.1 Å². The minimum atomic E-state index is -0.0980. The van der Waals surface area contributed by atoms with Crippen LogP contribution < -0.4 is 10.6 Å². The first-order valence-corrected chi connectivity index (χ1v) is 8.40. The van der Waals surface area contributed by atoms with Crippen LogP contribution in [-0.4, -0.2) is 24.0 Å². The van der Waals surface area contributed by atoms with E-state index in [0.29, 0.717) is 0 Å². The molecular formula is C20H21N3O. The van der Waals surface area contributed by atoms with Gasteiger partial charge in [-0.2, -0.15) is 0 Å². The van der Waals surface area contributed by atoms with Gasteiger partial charge in [0.25, 0.3) is 0 Å². The second kappa shape index (κ2) is 6.49. The van der Waals surface area contributed by atoms with Crippen molar-refractivity contribution in [2.75, 3.05) is 13.1 Å². The second-order valence-corrected chi connectivity index (χ2v) is 6.39. The van der Waals surface area contributed by atoms with Gasteiger partial charge in [0.05, 0.1) is 6.04 Å². The van der Waals surface area contributed by atoms with E-state index >= 15 is 0 Å². The predicted molar refractivity (Wildman–Crippen MR) is 94.2 cm³/mol. The molecule has 122 valence electrons. The summed E-state index contributed by atoms with van der Waals surface area (Å²) >= 11 is 0. The predicted octanol–water partition coefficient (Wildman–Crippen LogP) is 3.20. The Hall–Kier alpha value is -2.59. The van der Waals surface area contributed by atoms with Crippen molar-refractivity contribution in [2.24, 2.45) is 0 Å². The molecule has 0 aliphatic carbocycles. The highest BCUT2D eigenvalue weighted by Gasteiger charge is 2.31. The van der Waals surface area contributed by atoms with Gasteiger partial charge in [-0.1, -0.05) is 60.7 Å². The summed E-state index contributed by atoms with van der Waals surface area (Å²) in [6.07, 6.45) is 0.888. The Labute approximate surface area is 142 Å². The second-order valence-electron chi connectivity index (χ2n) is 6.39. The van der Waals surface area contributed by atoms with E-state index in [1.54, 1.807) is 0 Å². The first-order chi connectivity index (χ1) is 11.8. The fraction of sp³-hybridized carbons (Fsp3) is 0.250. The summed E-state index contributed by atoms with van der Waals surface area (Å²) < 4.78 is 0. The van der Waals surface area contributed by atoms with Crippen molar-refractivity contribution >= 4 is 6.03 Å². The Morgan fingerprint density at radius 1 is 1.00 bits per heavy atom. The number of benzene rings is 2. The molecule has 0 spiro atoms. The molecule has 2 aromatic carbocycles. The number of nitrogens with one attached hydrogen (secondary N) is 2. The van der Waals surface area contributed by atoms with Gasteiger partial charge in [0.2, 0.25) is 0 Å². The molecule has 1 unspecified atom stereocenters. The zero-order valence-electron chi connectivity index (χ0n) is 13.5. The van der Waals surface area contributed by atoms with Crippen LogP contribution in [0.1, 0.15) is 23.6 Å². The molecule has 2 amide bonds. The van der Waals surface area contributed by atoms with Crippen LogP contribution >= 0.6 is 0 Å². The van der Waals surface area contributed by atoms with Crippen molar-refractivity contribution in [3.63, 3.8) is 0 Å². The zero-order valence-corrected chi connectivity index (χ0v) is 13.5. The third kappa shape index (κ3) is 3.05. The Balaban J connectivity index is 1.58. The minimum Gasteiger partial charge on any atom is -0.327 e. The lowest BCUT2D eigenvalue weighted by atomic mass is 9.91. The van der Waals surface area contributed by atoms with Crippen LogP contribution in [-0.2, 0) is 6.54 Å². The fourth-order valence-corrected chi connectivity index (χ4v) is 3.55. The quantitative estimate of drug-likeness (QED) is 0.912. The molecule has 2 heterocycles. The number of urea groups is 1. The number of nitrogens with zero attached hydrogens (tertiary/aromatic N) is 1. The molecule has 2 aliphatic heterocycles. The number of carbonyl (C=O) groups excluding carboxylic acids is 1. The fourth-order valence-electron chi connectivity index (χ4n) is 3.55. The van der Waals surface area contributed by atoms with Crippen molar-refractivity contribution in [3.8, 4) is 0 Å². The number of hydrogen-bond donors (Lipinski definition) is 2. The summed E-state index contributed by atoms with van der Waals surface area (Å²) in [5, 5.41) is 6.09. The van der Waals surface area contributed by atoms with Gasteiger partial charge in [-0.15, -0.1) is 0 Å². The Bertz CT molecular complexity index is 755. The topological polar surface area (TPSA) is 44.4 Å². The Morgan fingerprint density at radius 2 is 1.71 bits per heavy atom. The van der Waals surface area contributed by atoms with Gasteiger partial charge in [-0.05, 0) is 16.7 Å². The molecule has 0 fully saturated rings. The molecule has 0 saturated heterocycles. The van der Waals surface area contributed by atoms with Gasteiger partial charge < -0.3 is 10.6 Å². The maximum absolute atomic E-state index is 12.0. The molecule has 4 heteroatoms. The van der Waals surface area contributed by atoms with Crippen LogP contribution in [0.3, 0.4) is 0 Å². The molecule has 4 nitrogen and oxygen atoms in total. The zero-order chi connectivity index (χ0) is 16.4. The van der Waals surface area contributed by atoms with Gasteiger partial charge in [0.15, 0.2) is 0 Å². The third-order valence-corrected chi connectivity index (χ3v) is 4.73. The van der Waals surface area contributed by atoms with E-state index in [4.69, 9.17) is 0 Å². The molecular weight excluding hydrogens is 298 g/mol.